The van der Waals surface area contributed by atoms with Gasteiger partial charge in [-0.3, -0.25) is 4.98 Å². The number of rotatable bonds is 2. The predicted octanol–water partition coefficient (Wildman–Crippen LogP) is 3.77. The third-order valence-corrected chi connectivity index (χ3v) is 4.27. The summed E-state index contributed by atoms with van der Waals surface area (Å²) in [6, 6.07) is 10.1. The zero-order chi connectivity index (χ0) is 13.4. The van der Waals surface area contributed by atoms with Gasteiger partial charge in [0.1, 0.15) is 0 Å². The lowest BCUT2D eigenvalue weighted by Crippen LogP contribution is -2.20. The molecule has 98 valence electrons. The molecule has 0 radical (unpaired) electrons. The van der Waals surface area contributed by atoms with Gasteiger partial charge >= 0.3 is 0 Å². The minimum absolute atomic E-state index is 0.0325. The molecule has 2 nitrogen and oxygen atoms in total. The third-order valence-electron chi connectivity index (χ3n) is 4.04. The van der Waals surface area contributed by atoms with Crippen molar-refractivity contribution in [1.29, 1.82) is 0 Å². The molecule has 2 N–H and O–H groups in total. The zero-order valence-electron chi connectivity index (χ0n) is 10.9. The Morgan fingerprint density at radius 2 is 2.21 bits per heavy atom. The standard InChI is InChI=1S/C16H17ClN2/c1-10-4-6-12(17)9-14(10)15(18)13-7-5-11-3-2-8-19-16(11)13/h2-4,6,8-9,13,15H,5,7,18H2,1H3. The van der Waals surface area contributed by atoms with Crippen LogP contribution in [0.4, 0.5) is 0 Å². The molecule has 2 atom stereocenters. The molecule has 0 amide bonds. The van der Waals surface area contributed by atoms with Crippen LogP contribution in [0.3, 0.4) is 0 Å². The molecular weight excluding hydrogens is 256 g/mol. The molecule has 0 bridgehead atoms. The van der Waals surface area contributed by atoms with Gasteiger partial charge in [0.25, 0.3) is 0 Å². The Hall–Kier alpha value is -1.38. The molecule has 2 aromatic rings. The van der Waals surface area contributed by atoms with Gasteiger partial charge in [0.05, 0.1) is 0 Å². The second-order valence-electron chi connectivity index (χ2n) is 5.22. The molecule has 1 aliphatic rings. The Bertz CT molecular complexity index is 609. The predicted molar refractivity (Wildman–Crippen MR) is 78.4 cm³/mol. The summed E-state index contributed by atoms with van der Waals surface area (Å²) in [4.78, 5) is 4.53. The normalized spacial score (nSPS) is 19.2. The van der Waals surface area contributed by atoms with E-state index in [0.29, 0.717) is 5.92 Å². The number of hydrogen-bond donors (Lipinski definition) is 1. The fraction of sp³-hybridized carbons (Fsp3) is 0.312. The summed E-state index contributed by atoms with van der Waals surface area (Å²) in [5, 5.41) is 0.746. The molecule has 0 saturated carbocycles. The first-order valence-electron chi connectivity index (χ1n) is 6.62. The van der Waals surface area contributed by atoms with Crippen LogP contribution in [0.25, 0.3) is 0 Å². The van der Waals surface area contributed by atoms with Crippen molar-refractivity contribution in [1.82, 2.24) is 4.98 Å². The number of nitrogens with zero attached hydrogens (tertiary/aromatic N) is 1. The molecule has 2 unspecified atom stereocenters. The van der Waals surface area contributed by atoms with E-state index in [2.05, 4.69) is 18.0 Å². The van der Waals surface area contributed by atoms with Crippen molar-refractivity contribution < 1.29 is 0 Å². The van der Waals surface area contributed by atoms with Crippen LogP contribution in [0.5, 0.6) is 0 Å². The van der Waals surface area contributed by atoms with Crippen LogP contribution in [-0.2, 0) is 6.42 Å². The lowest BCUT2D eigenvalue weighted by molar-refractivity contribution is 0.539. The number of pyridine rings is 1. The first-order valence-corrected chi connectivity index (χ1v) is 7.00. The number of fused-ring (bicyclic) bond motifs is 1. The van der Waals surface area contributed by atoms with E-state index in [4.69, 9.17) is 17.3 Å². The summed E-state index contributed by atoms with van der Waals surface area (Å²) < 4.78 is 0. The topological polar surface area (TPSA) is 38.9 Å². The summed E-state index contributed by atoms with van der Waals surface area (Å²) in [6.07, 6.45) is 4.00. The van der Waals surface area contributed by atoms with Gasteiger partial charge in [-0.05, 0) is 54.7 Å². The molecule has 0 fully saturated rings. The monoisotopic (exact) mass is 272 g/mol. The van der Waals surface area contributed by atoms with Crippen LogP contribution < -0.4 is 5.73 Å². The number of hydrogen-bond acceptors (Lipinski definition) is 2. The molecule has 1 heterocycles. The van der Waals surface area contributed by atoms with E-state index in [0.717, 1.165) is 29.1 Å². The number of benzene rings is 1. The molecule has 1 aliphatic carbocycles. The quantitative estimate of drug-likeness (QED) is 0.904. The van der Waals surface area contributed by atoms with Crippen LogP contribution in [0, 0.1) is 6.92 Å². The summed E-state index contributed by atoms with van der Waals surface area (Å²) in [5.74, 6) is 0.299. The van der Waals surface area contributed by atoms with E-state index in [1.165, 1.54) is 11.1 Å². The molecule has 0 saturated heterocycles. The van der Waals surface area contributed by atoms with E-state index >= 15 is 0 Å². The van der Waals surface area contributed by atoms with Gasteiger partial charge < -0.3 is 5.73 Å². The number of aryl methyl sites for hydroxylation is 2. The lowest BCUT2D eigenvalue weighted by Gasteiger charge is -2.22. The summed E-state index contributed by atoms with van der Waals surface area (Å²) in [7, 11) is 0. The highest BCUT2D eigenvalue weighted by Crippen LogP contribution is 2.40. The fourth-order valence-electron chi connectivity index (χ4n) is 2.98. The summed E-state index contributed by atoms with van der Waals surface area (Å²) >= 11 is 6.10. The minimum Gasteiger partial charge on any atom is -0.323 e. The van der Waals surface area contributed by atoms with Crippen LogP contribution in [0.15, 0.2) is 36.5 Å². The number of nitrogens with two attached hydrogens (primary N) is 1. The minimum atomic E-state index is -0.0325. The molecule has 1 aromatic heterocycles. The highest BCUT2D eigenvalue weighted by atomic mass is 35.5. The maximum Gasteiger partial charge on any atom is 0.0485 e. The van der Waals surface area contributed by atoms with Crippen molar-refractivity contribution >= 4 is 11.6 Å². The van der Waals surface area contributed by atoms with Crippen molar-refractivity contribution in [3.63, 3.8) is 0 Å². The molecule has 1 aromatic carbocycles. The van der Waals surface area contributed by atoms with Gasteiger partial charge in [-0.25, -0.2) is 0 Å². The number of aromatic nitrogens is 1. The highest BCUT2D eigenvalue weighted by Gasteiger charge is 2.30. The van der Waals surface area contributed by atoms with Gasteiger partial charge in [-0.2, -0.15) is 0 Å². The largest absolute Gasteiger partial charge is 0.323 e. The summed E-state index contributed by atoms with van der Waals surface area (Å²) in [5.41, 5.74) is 11.3. The van der Waals surface area contributed by atoms with E-state index in [1.807, 2.05) is 30.5 Å². The first kappa shape index (κ1) is 12.6. The van der Waals surface area contributed by atoms with Crippen LogP contribution >= 0.6 is 11.6 Å². The maximum absolute atomic E-state index is 6.49. The average Bonchev–Trinajstić information content (AvgIpc) is 2.84. The smallest absolute Gasteiger partial charge is 0.0485 e. The fourth-order valence-corrected chi connectivity index (χ4v) is 3.16. The van der Waals surface area contributed by atoms with Crippen molar-refractivity contribution in [2.45, 2.75) is 31.7 Å². The molecule has 0 aliphatic heterocycles. The van der Waals surface area contributed by atoms with Gasteiger partial charge in [0, 0.05) is 28.9 Å². The van der Waals surface area contributed by atoms with Crippen molar-refractivity contribution in [3.8, 4) is 0 Å². The van der Waals surface area contributed by atoms with Crippen molar-refractivity contribution in [3.05, 3.63) is 63.9 Å². The first-order chi connectivity index (χ1) is 9.16. The van der Waals surface area contributed by atoms with E-state index < -0.39 is 0 Å². The van der Waals surface area contributed by atoms with E-state index in [-0.39, 0.29) is 6.04 Å². The molecular formula is C16H17ClN2. The Balaban J connectivity index is 1.97. The Labute approximate surface area is 118 Å². The van der Waals surface area contributed by atoms with Gasteiger partial charge in [0.2, 0.25) is 0 Å². The Morgan fingerprint density at radius 1 is 1.37 bits per heavy atom. The molecule has 0 spiro atoms. The van der Waals surface area contributed by atoms with Crippen molar-refractivity contribution in [2.24, 2.45) is 5.73 Å². The van der Waals surface area contributed by atoms with Crippen molar-refractivity contribution in [2.75, 3.05) is 0 Å². The second-order valence-corrected chi connectivity index (χ2v) is 5.66. The Kier molecular flexibility index (Phi) is 3.29. The third kappa shape index (κ3) is 2.26. The maximum atomic E-state index is 6.49. The molecule has 19 heavy (non-hydrogen) atoms. The van der Waals surface area contributed by atoms with E-state index in [9.17, 15) is 0 Å². The Morgan fingerprint density at radius 3 is 3.05 bits per heavy atom. The second kappa shape index (κ2) is 4.95. The van der Waals surface area contributed by atoms with Crippen LogP contribution in [-0.4, -0.2) is 4.98 Å². The summed E-state index contributed by atoms with van der Waals surface area (Å²) in [6.45, 7) is 2.08. The SMILES string of the molecule is Cc1ccc(Cl)cc1C(N)C1CCc2cccnc21. The molecule has 3 rings (SSSR count). The van der Waals surface area contributed by atoms with Gasteiger partial charge in [0.15, 0.2) is 0 Å². The molecule has 3 heteroatoms. The van der Waals surface area contributed by atoms with Crippen LogP contribution in [0.2, 0.25) is 5.02 Å². The lowest BCUT2D eigenvalue weighted by atomic mass is 9.89. The van der Waals surface area contributed by atoms with Crippen LogP contribution in [0.1, 0.15) is 40.8 Å². The van der Waals surface area contributed by atoms with Gasteiger partial charge in [-0.15, -0.1) is 0 Å². The zero-order valence-corrected chi connectivity index (χ0v) is 11.7. The average molecular weight is 273 g/mol. The highest BCUT2D eigenvalue weighted by molar-refractivity contribution is 6.30. The van der Waals surface area contributed by atoms with Gasteiger partial charge in [-0.1, -0.05) is 23.7 Å². The number of halogens is 1. The van der Waals surface area contributed by atoms with E-state index in [1.54, 1.807) is 0 Å².